The van der Waals surface area contributed by atoms with E-state index >= 15 is 0 Å². The molecule has 3 aromatic carbocycles. The van der Waals surface area contributed by atoms with Gasteiger partial charge in [0.1, 0.15) is 5.75 Å². The number of ether oxygens (including phenoxy) is 1. The van der Waals surface area contributed by atoms with E-state index < -0.39 is 0 Å². The number of benzene rings is 3. The number of carbonyl (C=O) groups excluding carboxylic acids is 1. The van der Waals surface area contributed by atoms with Crippen LogP contribution in [-0.4, -0.2) is 39.3 Å². The first-order valence-electron chi connectivity index (χ1n) is 12.3. The van der Waals surface area contributed by atoms with Crippen molar-refractivity contribution in [3.8, 4) is 10.9 Å². The first kappa shape index (κ1) is 24.2. The molecule has 0 bridgehead atoms. The van der Waals surface area contributed by atoms with Gasteiger partial charge in [0.05, 0.1) is 0 Å². The van der Waals surface area contributed by atoms with Crippen molar-refractivity contribution in [1.82, 2.24) is 19.6 Å². The van der Waals surface area contributed by atoms with Crippen LogP contribution in [0.3, 0.4) is 0 Å². The average Bonchev–Trinajstić information content (AvgIpc) is 3.34. The maximum Gasteiger partial charge on any atom is 0.298 e. The van der Waals surface area contributed by atoms with Crippen molar-refractivity contribution >= 4 is 17.4 Å². The van der Waals surface area contributed by atoms with Crippen LogP contribution in [0, 0.1) is 6.92 Å². The van der Waals surface area contributed by atoms with Crippen LogP contribution in [0.5, 0.6) is 10.9 Å². The summed E-state index contributed by atoms with van der Waals surface area (Å²) in [5.74, 6) is 1.34. The van der Waals surface area contributed by atoms with Crippen molar-refractivity contribution in [2.45, 2.75) is 38.8 Å². The number of aromatic nitrogens is 2. The third-order valence-electron chi connectivity index (χ3n) is 6.43. The van der Waals surface area contributed by atoms with Gasteiger partial charge in [0.15, 0.2) is 5.82 Å². The molecule has 6 nitrogen and oxygen atoms in total. The largest absolute Gasteiger partial charge is 0.430 e. The standard InChI is InChI=1S/C29H30N4O2S/c1-21-7-9-22(10-8-21)19-27-31-29(36-32-27)35-26-13-11-24(12-14-26)28(34)30-25-15-17-33(18-16-25)20-23-5-3-2-4-6-23/h2-14,25H,15-20H2,1H3,(H,30,34). The van der Waals surface area contributed by atoms with Gasteiger partial charge in [-0.2, -0.15) is 9.36 Å². The molecule has 2 heterocycles. The molecule has 36 heavy (non-hydrogen) atoms. The Hall–Kier alpha value is -3.55. The highest BCUT2D eigenvalue weighted by molar-refractivity contribution is 7.07. The number of likely N-dealkylation sites (tertiary alicyclic amines) is 1. The van der Waals surface area contributed by atoms with E-state index in [1.54, 1.807) is 24.3 Å². The third kappa shape index (κ3) is 6.56. The molecule has 4 aromatic rings. The second kappa shape index (κ2) is 11.5. The smallest absolute Gasteiger partial charge is 0.298 e. The number of nitrogens with one attached hydrogen (secondary N) is 1. The quantitative estimate of drug-likeness (QED) is 0.341. The lowest BCUT2D eigenvalue weighted by molar-refractivity contribution is 0.0909. The molecule has 0 saturated carbocycles. The minimum absolute atomic E-state index is 0.0423. The summed E-state index contributed by atoms with van der Waals surface area (Å²) in [7, 11) is 0. The highest BCUT2D eigenvalue weighted by Gasteiger charge is 2.21. The van der Waals surface area contributed by atoms with Crippen LogP contribution in [-0.2, 0) is 13.0 Å². The number of nitrogens with zero attached hydrogens (tertiary/aromatic N) is 3. The number of aryl methyl sites for hydroxylation is 1. The summed E-state index contributed by atoms with van der Waals surface area (Å²) in [6.07, 6.45) is 2.59. The Morgan fingerprint density at radius 3 is 2.42 bits per heavy atom. The Labute approximate surface area is 216 Å². The molecule has 1 N–H and O–H groups in total. The predicted octanol–water partition coefficient (Wildman–Crippen LogP) is 5.62. The van der Waals surface area contributed by atoms with Crippen molar-refractivity contribution in [1.29, 1.82) is 0 Å². The summed E-state index contributed by atoms with van der Waals surface area (Å²) in [4.78, 5) is 19.7. The lowest BCUT2D eigenvalue weighted by Crippen LogP contribution is -2.44. The van der Waals surface area contributed by atoms with E-state index in [4.69, 9.17) is 4.74 Å². The van der Waals surface area contributed by atoms with Gasteiger partial charge < -0.3 is 10.1 Å². The molecule has 0 spiro atoms. The van der Waals surface area contributed by atoms with E-state index in [9.17, 15) is 4.79 Å². The number of rotatable bonds is 8. The fraction of sp³-hybridized carbons (Fsp3) is 0.276. The Morgan fingerprint density at radius 1 is 0.972 bits per heavy atom. The number of amides is 1. The van der Waals surface area contributed by atoms with Gasteiger partial charge in [0, 0.05) is 49.2 Å². The zero-order valence-electron chi connectivity index (χ0n) is 20.4. The van der Waals surface area contributed by atoms with Crippen LogP contribution in [0.4, 0.5) is 0 Å². The Balaban J connectivity index is 1.09. The van der Waals surface area contributed by atoms with E-state index in [0.717, 1.165) is 38.3 Å². The third-order valence-corrected chi connectivity index (χ3v) is 7.06. The van der Waals surface area contributed by atoms with Crippen LogP contribution < -0.4 is 10.1 Å². The molecule has 1 aliphatic rings. The second-order valence-electron chi connectivity index (χ2n) is 9.27. The fourth-order valence-corrected chi connectivity index (χ4v) is 4.93. The molecular formula is C29H30N4O2S. The van der Waals surface area contributed by atoms with Crippen molar-refractivity contribution < 1.29 is 9.53 Å². The number of hydrogen-bond donors (Lipinski definition) is 1. The van der Waals surface area contributed by atoms with Gasteiger partial charge in [-0.3, -0.25) is 9.69 Å². The first-order chi connectivity index (χ1) is 17.6. The normalized spacial score (nSPS) is 14.5. The van der Waals surface area contributed by atoms with Crippen molar-refractivity contribution in [3.05, 3.63) is 107 Å². The molecule has 0 atom stereocenters. The van der Waals surface area contributed by atoms with Crippen molar-refractivity contribution in [2.75, 3.05) is 13.1 Å². The van der Waals surface area contributed by atoms with Gasteiger partial charge in [-0.15, -0.1) is 0 Å². The average molecular weight is 499 g/mol. The fourth-order valence-electron chi connectivity index (χ4n) is 4.36. The highest BCUT2D eigenvalue weighted by atomic mass is 32.1. The Kier molecular flexibility index (Phi) is 7.69. The van der Waals surface area contributed by atoms with Gasteiger partial charge in [-0.25, -0.2) is 0 Å². The summed E-state index contributed by atoms with van der Waals surface area (Å²) in [5.41, 5.74) is 4.36. The number of hydrogen-bond acceptors (Lipinski definition) is 6. The lowest BCUT2D eigenvalue weighted by atomic mass is 10.0. The molecule has 1 amide bonds. The second-order valence-corrected chi connectivity index (χ2v) is 9.99. The van der Waals surface area contributed by atoms with Crippen LogP contribution >= 0.6 is 11.5 Å². The molecular weight excluding hydrogens is 468 g/mol. The summed E-state index contributed by atoms with van der Waals surface area (Å²) in [6.45, 7) is 5.01. The van der Waals surface area contributed by atoms with Gasteiger partial charge in [-0.05, 0) is 55.2 Å². The molecule has 0 unspecified atom stereocenters. The molecule has 5 rings (SSSR count). The number of piperidine rings is 1. The van der Waals surface area contributed by atoms with E-state index in [1.165, 1.54) is 28.2 Å². The summed E-state index contributed by atoms with van der Waals surface area (Å²) in [5, 5.41) is 3.69. The molecule has 0 aliphatic carbocycles. The van der Waals surface area contributed by atoms with Crippen LogP contribution in [0.25, 0.3) is 0 Å². The van der Waals surface area contributed by atoms with Gasteiger partial charge in [-0.1, -0.05) is 60.2 Å². The molecule has 1 saturated heterocycles. The summed E-state index contributed by atoms with van der Waals surface area (Å²) < 4.78 is 10.3. The van der Waals surface area contributed by atoms with Crippen LogP contribution in [0.1, 0.15) is 45.7 Å². The zero-order valence-corrected chi connectivity index (χ0v) is 21.2. The van der Waals surface area contributed by atoms with E-state index in [1.807, 2.05) is 6.07 Å². The maximum absolute atomic E-state index is 12.8. The first-order valence-corrected chi connectivity index (χ1v) is 13.1. The number of carbonyl (C=O) groups is 1. The molecule has 1 aromatic heterocycles. The maximum atomic E-state index is 12.8. The van der Waals surface area contributed by atoms with Gasteiger partial charge >= 0.3 is 0 Å². The summed E-state index contributed by atoms with van der Waals surface area (Å²) in [6, 6.07) is 26.3. The van der Waals surface area contributed by atoms with Crippen LogP contribution in [0.2, 0.25) is 0 Å². The molecule has 1 fully saturated rings. The van der Waals surface area contributed by atoms with Gasteiger partial charge in [0.2, 0.25) is 0 Å². The lowest BCUT2D eigenvalue weighted by Gasteiger charge is -2.32. The minimum Gasteiger partial charge on any atom is -0.430 e. The molecule has 7 heteroatoms. The van der Waals surface area contributed by atoms with E-state index in [2.05, 4.69) is 75.0 Å². The van der Waals surface area contributed by atoms with E-state index in [-0.39, 0.29) is 11.9 Å². The van der Waals surface area contributed by atoms with E-state index in [0.29, 0.717) is 22.9 Å². The summed E-state index contributed by atoms with van der Waals surface area (Å²) >= 11 is 1.23. The highest BCUT2D eigenvalue weighted by Crippen LogP contribution is 2.24. The Bertz CT molecular complexity index is 1260. The minimum atomic E-state index is -0.0423. The van der Waals surface area contributed by atoms with Gasteiger partial charge in [0.25, 0.3) is 11.1 Å². The molecule has 0 radical (unpaired) electrons. The topological polar surface area (TPSA) is 67.3 Å². The van der Waals surface area contributed by atoms with Crippen molar-refractivity contribution in [3.63, 3.8) is 0 Å². The molecule has 1 aliphatic heterocycles. The Morgan fingerprint density at radius 2 is 1.69 bits per heavy atom. The predicted molar refractivity (Wildman–Crippen MR) is 143 cm³/mol. The monoisotopic (exact) mass is 498 g/mol. The van der Waals surface area contributed by atoms with Crippen LogP contribution in [0.15, 0.2) is 78.9 Å². The SMILES string of the molecule is Cc1ccc(Cc2nsc(Oc3ccc(C(=O)NC4CCN(Cc5ccccc5)CC4)cc3)n2)cc1. The zero-order chi connectivity index (χ0) is 24.7. The molecule has 184 valence electrons. The van der Waals surface area contributed by atoms with Crippen molar-refractivity contribution in [2.24, 2.45) is 0 Å².